The van der Waals surface area contributed by atoms with E-state index >= 15 is 0 Å². The van der Waals surface area contributed by atoms with E-state index in [0.29, 0.717) is 30.5 Å². The number of rotatable bonds is 4. The van der Waals surface area contributed by atoms with E-state index in [0.717, 1.165) is 17.5 Å². The summed E-state index contributed by atoms with van der Waals surface area (Å²) in [7, 11) is -3.48. The predicted molar refractivity (Wildman–Crippen MR) is 79.5 cm³/mol. The third-order valence-electron chi connectivity index (χ3n) is 3.72. The van der Waals surface area contributed by atoms with E-state index in [1.54, 1.807) is 16.4 Å². The Bertz CT molecular complexity index is 574. The molecule has 1 atom stereocenters. The van der Waals surface area contributed by atoms with Gasteiger partial charge in [-0.1, -0.05) is 13.0 Å². The minimum Gasteiger partial charge on any atom is -0.378 e. The Labute approximate surface area is 125 Å². The summed E-state index contributed by atoms with van der Waals surface area (Å²) in [5.74, 6) is 0.315. The van der Waals surface area contributed by atoms with E-state index in [-0.39, 0.29) is 6.04 Å². The molecular formula is C14H20ClNO3S. The van der Waals surface area contributed by atoms with Gasteiger partial charge >= 0.3 is 0 Å². The Kier molecular flexibility index (Phi) is 5.07. The van der Waals surface area contributed by atoms with Gasteiger partial charge < -0.3 is 4.74 Å². The molecule has 20 heavy (non-hydrogen) atoms. The van der Waals surface area contributed by atoms with Crippen LogP contribution in [0.3, 0.4) is 0 Å². The lowest BCUT2D eigenvalue weighted by molar-refractivity contribution is 0.0314. The lowest BCUT2D eigenvalue weighted by Crippen LogP contribution is -2.48. The van der Waals surface area contributed by atoms with Gasteiger partial charge in [0.05, 0.1) is 18.1 Å². The maximum absolute atomic E-state index is 12.8. The number of ether oxygens (including phenoxy) is 1. The molecule has 0 spiro atoms. The number of alkyl halides is 1. The molecule has 1 saturated heterocycles. The van der Waals surface area contributed by atoms with E-state index in [1.165, 1.54) is 0 Å². The van der Waals surface area contributed by atoms with Crippen molar-refractivity contribution in [2.45, 2.75) is 37.1 Å². The van der Waals surface area contributed by atoms with Crippen LogP contribution in [0.15, 0.2) is 23.1 Å². The van der Waals surface area contributed by atoms with Crippen LogP contribution in [0.4, 0.5) is 0 Å². The second-order valence-electron chi connectivity index (χ2n) is 4.97. The number of hydrogen-bond acceptors (Lipinski definition) is 3. The molecule has 1 aliphatic heterocycles. The van der Waals surface area contributed by atoms with Crippen molar-refractivity contribution in [1.29, 1.82) is 0 Å². The quantitative estimate of drug-likeness (QED) is 0.802. The van der Waals surface area contributed by atoms with Gasteiger partial charge in [0.2, 0.25) is 10.0 Å². The van der Waals surface area contributed by atoms with Gasteiger partial charge in [-0.25, -0.2) is 8.42 Å². The average Bonchev–Trinajstić information content (AvgIpc) is 2.47. The molecule has 0 N–H and O–H groups in total. The second-order valence-corrected chi connectivity index (χ2v) is 7.13. The highest BCUT2D eigenvalue weighted by Crippen LogP contribution is 2.24. The van der Waals surface area contributed by atoms with Crippen molar-refractivity contribution in [3.63, 3.8) is 0 Å². The molecule has 1 fully saturated rings. The maximum Gasteiger partial charge on any atom is 0.243 e. The minimum absolute atomic E-state index is 0.0884. The summed E-state index contributed by atoms with van der Waals surface area (Å²) in [6, 6.07) is 5.06. The van der Waals surface area contributed by atoms with Crippen LogP contribution < -0.4 is 0 Å². The Morgan fingerprint density at radius 1 is 1.45 bits per heavy atom. The fraction of sp³-hybridized carbons (Fsp3) is 0.571. The number of aryl methyl sites for hydroxylation is 1. The fourth-order valence-electron chi connectivity index (χ4n) is 2.37. The van der Waals surface area contributed by atoms with Gasteiger partial charge in [-0.3, -0.25) is 0 Å². The van der Waals surface area contributed by atoms with Gasteiger partial charge in [0, 0.05) is 18.5 Å². The van der Waals surface area contributed by atoms with Crippen LogP contribution in [0.25, 0.3) is 0 Å². The van der Waals surface area contributed by atoms with Crippen molar-refractivity contribution in [2.24, 2.45) is 0 Å². The highest BCUT2D eigenvalue weighted by Gasteiger charge is 2.33. The van der Waals surface area contributed by atoms with Crippen LogP contribution in [0, 0.1) is 6.92 Å². The highest BCUT2D eigenvalue weighted by atomic mass is 35.5. The number of hydrogen-bond donors (Lipinski definition) is 0. The zero-order valence-corrected chi connectivity index (χ0v) is 13.4. The van der Waals surface area contributed by atoms with Crippen molar-refractivity contribution in [3.8, 4) is 0 Å². The SMILES string of the molecule is CCC1COCCN1S(=O)(=O)c1ccc(C)c(CCl)c1. The third kappa shape index (κ3) is 3.01. The topological polar surface area (TPSA) is 46.6 Å². The van der Waals surface area contributed by atoms with Crippen molar-refractivity contribution in [1.82, 2.24) is 4.31 Å². The molecule has 0 amide bonds. The lowest BCUT2D eigenvalue weighted by Gasteiger charge is -2.34. The number of morpholine rings is 1. The molecule has 1 aliphatic rings. The molecule has 1 heterocycles. The summed E-state index contributed by atoms with van der Waals surface area (Å²) in [4.78, 5) is 0.319. The molecule has 4 nitrogen and oxygen atoms in total. The zero-order chi connectivity index (χ0) is 14.8. The van der Waals surface area contributed by atoms with Crippen LogP contribution in [0.1, 0.15) is 24.5 Å². The number of benzene rings is 1. The third-order valence-corrected chi connectivity index (χ3v) is 5.95. The van der Waals surface area contributed by atoms with Gasteiger partial charge in [0.15, 0.2) is 0 Å². The van der Waals surface area contributed by atoms with Crippen LogP contribution in [-0.4, -0.2) is 38.5 Å². The van der Waals surface area contributed by atoms with Gasteiger partial charge in [0.1, 0.15) is 0 Å². The molecule has 0 aliphatic carbocycles. The number of sulfonamides is 1. The molecule has 6 heteroatoms. The van der Waals surface area contributed by atoms with Gasteiger partial charge in [0.25, 0.3) is 0 Å². The predicted octanol–water partition coefficient (Wildman–Crippen LogP) is 2.53. The Morgan fingerprint density at radius 3 is 2.85 bits per heavy atom. The van der Waals surface area contributed by atoms with Crippen molar-refractivity contribution in [3.05, 3.63) is 29.3 Å². The van der Waals surface area contributed by atoms with Gasteiger partial charge in [-0.05, 0) is 36.6 Å². The molecule has 2 rings (SSSR count). The minimum atomic E-state index is -3.48. The van der Waals surface area contributed by atoms with Crippen molar-refractivity contribution < 1.29 is 13.2 Å². The maximum atomic E-state index is 12.8. The first-order valence-electron chi connectivity index (χ1n) is 6.75. The van der Waals surface area contributed by atoms with Crippen LogP contribution >= 0.6 is 11.6 Å². The molecule has 0 bridgehead atoms. The summed E-state index contributed by atoms with van der Waals surface area (Å²) >= 11 is 5.87. The van der Waals surface area contributed by atoms with Crippen LogP contribution in [-0.2, 0) is 20.6 Å². The highest BCUT2D eigenvalue weighted by molar-refractivity contribution is 7.89. The number of nitrogens with zero attached hydrogens (tertiary/aromatic N) is 1. The average molecular weight is 318 g/mol. The summed E-state index contributed by atoms with van der Waals surface area (Å²) in [6.07, 6.45) is 0.744. The monoisotopic (exact) mass is 317 g/mol. The summed E-state index contributed by atoms with van der Waals surface area (Å²) in [6.45, 7) is 5.22. The number of halogens is 1. The van der Waals surface area contributed by atoms with E-state index < -0.39 is 10.0 Å². The molecule has 1 aromatic rings. The first kappa shape index (κ1) is 15.8. The van der Waals surface area contributed by atoms with E-state index in [4.69, 9.17) is 16.3 Å². The molecule has 0 aromatic heterocycles. The fourth-order valence-corrected chi connectivity index (χ4v) is 4.37. The zero-order valence-electron chi connectivity index (χ0n) is 11.8. The van der Waals surface area contributed by atoms with Crippen LogP contribution in [0.5, 0.6) is 0 Å². The second kappa shape index (κ2) is 6.43. The normalized spacial score (nSPS) is 21.1. The Morgan fingerprint density at radius 2 is 2.20 bits per heavy atom. The first-order valence-corrected chi connectivity index (χ1v) is 8.73. The smallest absolute Gasteiger partial charge is 0.243 e. The van der Waals surface area contributed by atoms with Crippen LogP contribution in [0.2, 0.25) is 0 Å². The molecule has 1 unspecified atom stereocenters. The molecule has 0 saturated carbocycles. The Balaban J connectivity index is 2.38. The summed E-state index contributed by atoms with van der Waals surface area (Å²) in [5, 5.41) is 0. The molecule has 0 radical (unpaired) electrons. The summed E-state index contributed by atoms with van der Waals surface area (Å²) in [5.41, 5.74) is 1.86. The summed E-state index contributed by atoms with van der Waals surface area (Å²) < 4.78 is 32.5. The lowest BCUT2D eigenvalue weighted by atomic mass is 10.1. The van der Waals surface area contributed by atoms with E-state index in [2.05, 4.69) is 0 Å². The first-order chi connectivity index (χ1) is 9.50. The van der Waals surface area contributed by atoms with Crippen molar-refractivity contribution >= 4 is 21.6 Å². The van der Waals surface area contributed by atoms with E-state index in [9.17, 15) is 8.42 Å². The standard InChI is InChI=1S/C14H20ClNO3S/c1-3-13-10-19-7-6-16(13)20(17,18)14-5-4-11(2)12(8-14)9-15/h4-5,8,13H,3,6-7,9-10H2,1-2H3. The Hall–Kier alpha value is -0.620. The van der Waals surface area contributed by atoms with E-state index in [1.807, 2.05) is 19.9 Å². The molecular weight excluding hydrogens is 298 g/mol. The van der Waals surface area contributed by atoms with Gasteiger partial charge in [-0.2, -0.15) is 4.31 Å². The molecule has 112 valence electrons. The van der Waals surface area contributed by atoms with Crippen molar-refractivity contribution in [2.75, 3.05) is 19.8 Å². The van der Waals surface area contributed by atoms with Gasteiger partial charge in [-0.15, -0.1) is 11.6 Å². The molecule has 1 aromatic carbocycles. The largest absolute Gasteiger partial charge is 0.378 e.